The highest BCUT2D eigenvalue weighted by Crippen LogP contribution is 2.37. The lowest BCUT2D eigenvalue weighted by atomic mass is 10.1. The molecule has 0 aliphatic carbocycles. The maximum absolute atomic E-state index is 15.0. The van der Waals surface area contributed by atoms with Gasteiger partial charge in [-0.25, -0.2) is 14.2 Å². The van der Waals surface area contributed by atoms with Crippen LogP contribution < -0.4 is 10.1 Å². The third kappa shape index (κ3) is 5.83. The Morgan fingerprint density at radius 1 is 1.08 bits per heavy atom. The lowest BCUT2D eigenvalue weighted by molar-refractivity contribution is 0.0523. The highest BCUT2D eigenvalue weighted by molar-refractivity contribution is 5.98. The SMILES string of the molecule is CC(C)(C)OC(=O)NCc1ccc(Oc2ccnc3[nH]cc(-c4cnn(Cc5ccccc5)c4)c23)c(F)c1. The van der Waals surface area contributed by atoms with E-state index in [1.54, 1.807) is 45.3 Å². The van der Waals surface area contributed by atoms with Gasteiger partial charge in [0.1, 0.15) is 17.0 Å². The molecule has 0 aliphatic rings. The molecule has 1 amide bonds. The van der Waals surface area contributed by atoms with Gasteiger partial charge in [-0.1, -0.05) is 36.4 Å². The van der Waals surface area contributed by atoms with E-state index in [-0.39, 0.29) is 12.3 Å². The highest BCUT2D eigenvalue weighted by Gasteiger charge is 2.18. The van der Waals surface area contributed by atoms with E-state index in [0.717, 1.165) is 22.1 Å². The molecule has 0 aliphatic heterocycles. The van der Waals surface area contributed by atoms with E-state index < -0.39 is 17.5 Å². The van der Waals surface area contributed by atoms with Gasteiger partial charge in [-0.3, -0.25) is 4.68 Å². The fourth-order valence-corrected chi connectivity index (χ4v) is 4.04. The van der Waals surface area contributed by atoms with Crippen molar-refractivity contribution in [2.24, 2.45) is 0 Å². The molecule has 0 unspecified atom stereocenters. The van der Waals surface area contributed by atoms with Gasteiger partial charge in [-0.2, -0.15) is 5.10 Å². The molecule has 3 heterocycles. The Hall–Kier alpha value is -4.66. The molecule has 38 heavy (non-hydrogen) atoms. The largest absolute Gasteiger partial charge is 0.453 e. The summed E-state index contributed by atoms with van der Waals surface area (Å²) in [5.41, 5.74) is 3.46. The first-order valence-corrected chi connectivity index (χ1v) is 12.2. The number of rotatable bonds is 7. The summed E-state index contributed by atoms with van der Waals surface area (Å²) in [6.07, 6.45) is 6.63. The average molecular weight is 514 g/mol. The van der Waals surface area contributed by atoms with Crippen LogP contribution in [0.1, 0.15) is 31.9 Å². The molecule has 8 nitrogen and oxygen atoms in total. The van der Waals surface area contributed by atoms with Crippen LogP contribution >= 0.6 is 0 Å². The van der Waals surface area contributed by atoms with E-state index in [1.807, 2.05) is 35.3 Å². The van der Waals surface area contributed by atoms with Gasteiger partial charge in [0.25, 0.3) is 0 Å². The van der Waals surface area contributed by atoms with Gasteiger partial charge < -0.3 is 19.8 Å². The van der Waals surface area contributed by atoms with Gasteiger partial charge in [0.2, 0.25) is 0 Å². The molecule has 0 radical (unpaired) electrons. The zero-order valence-electron chi connectivity index (χ0n) is 21.4. The number of aromatic amines is 1. The number of carbonyl (C=O) groups excluding carboxylic acids is 1. The topological polar surface area (TPSA) is 94.1 Å². The zero-order chi connectivity index (χ0) is 26.7. The molecule has 2 N–H and O–H groups in total. The minimum atomic E-state index is -0.611. The van der Waals surface area contributed by atoms with Crippen LogP contribution in [0.15, 0.2) is 79.4 Å². The Morgan fingerprint density at radius 3 is 2.66 bits per heavy atom. The number of pyridine rings is 1. The standard InChI is InChI=1S/C29H28FN5O3/c1-29(2,3)38-28(36)33-14-20-9-10-24(23(30)13-20)37-25-11-12-31-27-26(25)22(16-32-27)21-15-34-35(18-21)17-19-7-5-4-6-8-19/h4-13,15-16,18H,14,17H2,1-3H3,(H,31,32)(H,33,36). The van der Waals surface area contributed by atoms with Gasteiger partial charge >= 0.3 is 6.09 Å². The van der Waals surface area contributed by atoms with E-state index in [4.69, 9.17) is 9.47 Å². The van der Waals surface area contributed by atoms with Gasteiger partial charge in [-0.05, 0) is 50.1 Å². The summed E-state index contributed by atoms with van der Waals surface area (Å²) in [5, 5.41) is 7.85. The Bertz CT molecular complexity index is 1570. The second-order valence-electron chi connectivity index (χ2n) is 9.87. The first-order chi connectivity index (χ1) is 18.2. The molecule has 3 aromatic heterocycles. The van der Waals surface area contributed by atoms with Crippen LogP contribution in [0.3, 0.4) is 0 Å². The van der Waals surface area contributed by atoms with Crippen molar-refractivity contribution >= 4 is 17.1 Å². The third-order valence-corrected chi connectivity index (χ3v) is 5.72. The number of H-pyrrole nitrogens is 1. The quantitative estimate of drug-likeness (QED) is 0.262. The number of nitrogens with zero attached hydrogens (tertiary/aromatic N) is 3. The van der Waals surface area contributed by atoms with Crippen molar-refractivity contribution in [3.8, 4) is 22.6 Å². The number of benzene rings is 2. The van der Waals surface area contributed by atoms with E-state index in [1.165, 1.54) is 12.1 Å². The number of carbonyl (C=O) groups is 1. The summed E-state index contributed by atoms with van der Waals surface area (Å²) in [5.74, 6) is -0.0303. The van der Waals surface area contributed by atoms with Crippen molar-refractivity contribution in [1.29, 1.82) is 0 Å². The number of alkyl carbamates (subject to hydrolysis) is 1. The summed E-state index contributed by atoms with van der Waals surface area (Å²) in [4.78, 5) is 19.5. The van der Waals surface area contributed by atoms with Gasteiger partial charge in [0, 0.05) is 36.3 Å². The molecule has 0 saturated heterocycles. The maximum atomic E-state index is 15.0. The van der Waals surface area contributed by atoms with Crippen LogP contribution in [0.25, 0.3) is 22.2 Å². The summed E-state index contributed by atoms with van der Waals surface area (Å²) >= 11 is 0. The number of hydrogen-bond donors (Lipinski definition) is 2. The number of nitrogens with one attached hydrogen (secondary N) is 2. The molecule has 2 aromatic carbocycles. The van der Waals surface area contributed by atoms with Crippen LogP contribution in [-0.4, -0.2) is 31.4 Å². The Kier molecular flexibility index (Phi) is 6.83. The van der Waals surface area contributed by atoms with E-state index in [2.05, 4.69) is 32.5 Å². The first kappa shape index (κ1) is 25.0. The van der Waals surface area contributed by atoms with Gasteiger partial charge in [0.05, 0.1) is 18.1 Å². The minimum Gasteiger partial charge on any atom is -0.453 e. The molecule has 0 bridgehead atoms. The van der Waals surface area contributed by atoms with Crippen molar-refractivity contribution in [3.05, 3.63) is 96.3 Å². The Morgan fingerprint density at radius 2 is 1.89 bits per heavy atom. The smallest absolute Gasteiger partial charge is 0.407 e. The molecule has 0 saturated carbocycles. The van der Waals surface area contributed by atoms with E-state index in [0.29, 0.717) is 23.5 Å². The van der Waals surface area contributed by atoms with Crippen LogP contribution in [0.5, 0.6) is 11.5 Å². The second-order valence-corrected chi connectivity index (χ2v) is 9.87. The third-order valence-electron chi connectivity index (χ3n) is 5.72. The number of fused-ring (bicyclic) bond motifs is 1. The number of halogens is 1. The summed E-state index contributed by atoms with van der Waals surface area (Å²) in [6, 6.07) is 16.3. The van der Waals surface area contributed by atoms with Crippen molar-refractivity contribution < 1.29 is 18.7 Å². The molecular formula is C29H28FN5O3. The molecule has 194 valence electrons. The molecular weight excluding hydrogens is 485 g/mol. The monoisotopic (exact) mass is 513 g/mol. The molecule has 5 rings (SSSR count). The van der Waals surface area contributed by atoms with Crippen molar-refractivity contribution in [2.75, 3.05) is 0 Å². The number of hydrogen-bond acceptors (Lipinski definition) is 5. The summed E-state index contributed by atoms with van der Waals surface area (Å²) in [6.45, 7) is 6.11. The fourth-order valence-electron chi connectivity index (χ4n) is 4.04. The Labute approximate surface area is 219 Å². The second kappa shape index (κ2) is 10.4. The van der Waals surface area contributed by atoms with Gasteiger partial charge in [0.15, 0.2) is 11.6 Å². The lowest BCUT2D eigenvalue weighted by Gasteiger charge is -2.19. The van der Waals surface area contributed by atoms with Crippen molar-refractivity contribution in [3.63, 3.8) is 0 Å². The van der Waals surface area contributed by atoms with Crippen molar-refractivity contribution in [2.45, 2.75) is 39.5 Å². The van der Waals surface area contributed by atoms with Crippen LogP contribution in [0.2, 0.25) is 0 Å². The van der Waals surface area contributed by atoms with Gasteiger partial charge in [-0.15, -0.1) is 0 Å². The van der Waals surface area contributed by atoms with E-state index >= 15 is 0 Å². The normalized spacial score (nSPS) is 11.5. The zero-order valence-corrected chi connectivity index (χ0v) is 21.4. The average Bonchev–Trinajstić information content (AvgIpc) is 3.51. The lowest BCUT2D eigenvalue weighted by Crippen LogP contribution is -2.32. The summed E-state index contributed by atoms with van der Waals surface area (Å²) < 4.78 is 28.1. The molecule has 9 heteroatoms. The van der Waals surface area contributed by atoms with Crippen LogP contribution in [-0.2, 0) is 17.8 Å². The predicted molar refractivity (Wildman–Crippen MR) is 142 cm³/mol. The fraction of sp³-hybridized carbons (Fsp3) is 0.207. The number of aromatic nitrogens is 4. The maximum Gasteiger partial charge on any atom is 0.407 e. The van der Waals surface area contributed by atoms with E-state index in [9.17, 15) is 9.18 Å². The van der Waals surface area contributed by atoms with Crippen LogP contribution in [0, 0.1) is 5.82 Å². The summed E-state index contributed by atoms with van der Waals surface area (Å²) in [7, 11) is 0. The van der Waals surface area contributed by atoms with Crippen molar-refractivity contribution in [1.82, 2.24) is 25.1 Å². The molecule has 0 fully saturated rings. The number of amides is 1. The Balaban J connectivity index is 1.35. The highest BCUT2D eigenvalue weighted by atomic mass is 19.1. The molecule has 0 spiro atoms. The minimum absolute atomic E-state index is 0.0606. The predicted octanol–water partition coefficient (Wildman–Crippen LogP) is 6.43. The van der Waals surface area contributed by atoms with Crippen LogP contribution in [0.4, 0.5) is 9.18 Å². The molecule has 5 aromatic rings. The first-order valence-electron chi connectivity index (χ1n) is 12.2. The number of ether oxygens (including phenoxy) is 2. The molecule has 0 atom stereocenters.